The minimum Gasteiger partial charge on any atom is -0.462 e. The zero-order chi connectivity index (χ0) is 22.2. The van der Waals surface area contributed by atoms with Crippen LogP contribution < -0.4 is 9.92 Å². The van der Waals surface area contributed by atoms with Crippen molar-refractivity contribution < 1.29 is 21.7 Å². The molecular formula is C21H19FN4O4S. The molecule has 1 aromatic heterocycles. The predicted octanol–water partition coefficient (Wildman–Crippen LogP) is 2.52. The maximum Gasteiger partial charge on any atom is 0.306 e. The van der Waals surface area contributed by atoms with Gasteiger partial charge in [-0.1, -0.05) is 12.1 Å². The molecule has 2 aromatic carbocycles. The second-order valence-corrected chi connectivity index (χ2v) is 8.76. The number of hydrogen-bond acceptors (Lipinski definition) is 8. The van der Waals surface area contributed by atoms with E-state index in [9.17, 15) is 12.8 Å². The second-order valence-electron chi connectivity index (χ2n) is 7.19. The van der Waals surface area contributed by atoms with Gasteiger partial charge in [-0.25, -0.2) is 19.4 Å². The van der Waals surface area contributed by atoms with E-state index in [4.69, 9.17) is 14.7 Å². The first-order chi connectivity index (χ1) is 14.7. The van der Waals surface area contributed by atoms with E-state index in [1.54, 1.807) is 37.3 Å². The van der Waals surface area contributed by atoms with Crippen LogP contribution in [0.2, 0.25) is 0 Å². The lowest BCUT2D eigenvalue weighted by atomic mass is 9.82. The number of ether oxygens (including phenoxy) is 1. The number of amidine groups is 1. The molecule has 0 saturated carbocycles. The lowest BCUT2D eigenvalue weighted by Gasteiger charge is -2.26. The van der Waals surface area contributed by atoms with Crippen LogP contribution in [0, 0.1) is 12.7 Å². The van der Waals surface area contributed by atoms with Gasteiger partial charge in [0.25, 0.3) is 6.02 Å². The van der Waals surface area contributed by atoms with Crippen LogP contribution in [0.1, 0.15) is 16.7 Å². The summed E-state index contributed by atoms with van der Waals surface area (Å²) in [6.45, 7) is 1.82. The summed E-state index contributed by atoms with van der Waals surface area (Å²) in [5, 5.41) is 0. The molecule has 0 amide bonds. The van der Waals surface area contributed by atoms with Gasteiger partial charge in [0.15, 0.2) is 5.54 Å². The third-order valence-electron chi connectivity index (χ3n) is 4.94. The minimum absolute atomic E-state index is 0.00281. The normalized spacial score (nSPS) is 18.4. The monoisotopic (exact) mass is 442 g/mol. The summed E-state index contributed by atoms with van der Waals surface area (Å²) in [4.78, 5) is 12.4. The Morgan fingerprint density at radius 3 is 2.42 bits per heavy atom. The van der Waals surface area contributed by atoms with Crippen LogP contribution in [0.15, 0.2) is 60.1 Å². The Morgan fingerprint density at radius 2 is 1.81 bits per heavy atom. The zero-order valence-electron chi connectivity index (χ0n) is 16.7. The molecule has 8 nitrogen and oxygen atoms in total. The summed E-state index contributed by atoms with van der Waals surface area (Å²) in [5.41, 5.74) is 7.54. The summed E-state index contributed by atoms with van der Waals surface area (Å²) < 4.78 is 48.1. The smallest absolute Gasteiger partial charge is 0.306 e. The van der Waals surface area contributed by atoms with Crippen LogP contribution in [0.4, 0.5) is 4.39 Å². The molecule has 0 radical (unpaired) electrons. The molecule has 31 heavy (non-hydrogen) atoms. The third kappa shape index (κ3) is 4.06. The van der Waals surface area contributed by atoms with E-state index < -0.39 is 21.5 Å². The SMILES string of the molecule is Cc1cc(C2(c3ccc(F)c(-c4cncnc4)c3)COC(N)=N2)ccc1OS(C)(=O)=O. The van der Waals surface area contributed by atoms with E-state index in [1.165, 1.54) is 24.8 Å². The number of rotatable bonds is 5. The zero-order valence-corrected chi connectivity index (χ0v) is 17.6. The maximum atomic E-state index is 14.6. The molecule has 10 heteroatoms. The lowest BCUT2D eigenvalue weighted by molar-refractivity contribution is 0.278. The Morgan fingerprint density at radius 1 is 1.13 bits per heavy atom. The standard InChI is InChI=1S/C21H19FN4O4S/c1-13-7-15(4-6-19(13)30-31(2,27)28)21(11-29-20(23)26-21)16-3-5-18(22)17(8-16)14-9-24-12-25-10-14/h3-10,12H,11H2,1-2H3,(H2,23,26). The number of nitrogens with two attached hydrogens (primary N) is 1. The molecule has 2 N–H and O–H groups in total. The number of aliphatic imine (C=N–C) groups is 1. The van der Waals surface area contributed by atoms with Gasteiger partial charge in [-0.3, -0.25) is 0 Å². The number of hydrogen-bond donors (Lipinski definition) is 1. The summed E-state index contributed by atoms with van der Waals surface area (Å²) >= 11 is 0. The maximum absolute atomic E-state index is 14.6. The van der Waals surface area contributed by atoms with Crippen molar-refractivity contribution in [1.82, 2.24) is 9.97 Å². The van der Waals surface area contributed by atoms with Crippen molar-refractivity contribution in [2.45, 2.75) is 12.5 Å². The van der Waals surface area contributed by atoms with Crippen LogP contribution in [-0.2, 0) is 20.4 Å². The van der Waals surface area contributed by atoms with Crippen molar-refractivity contribution in [3.05, 3.63) is 77.6 Å². The molecule has 0 fully saturated rings. The fraction of sp³-hybridized carbons (Fsp3) is 0.190. The first-order valence-corrected chi connectivity index (χ1v) is 11.0. The molecule has 0 spiro atoms. The molecule has 4 rings (SSSR count). The topological polar surface area (TPSA) is 117 Å². The molecule has 1 atom stereocenters. The highest BCUT2D eigenvalue weighted by molar-refractivity contribution is 7.86. The van der Waals surface area contributed by atoms with Crippen LogP contribution in [0.5, 0.6) is 5.75 Å². The van der Waals surface area contributed by atoms with E-state index in [1.807, 2.05) is 0 Å². The molecule has 1 unspecified atom stereocenters. The Balaban J connectivity index is 1.85. The van der Waals surface area contributed by atoms with E-state index in [-0.39, 0.29) is 18.4 Å². The van der Waals surface area contributed by atoms with Gasteiger partial charge in [-0.15, -0.1) is 0 Å². The Bertz CT molecular complexity index is 1280. The summed E-state index contributed by atoms with van der Waals surface area (Å²) in [5.74, 6) is -0.226. The van der Waals surface area contributed by atoms with Crippen LogP contribution in [0.3, 0.4) is 0 Å². The quantitative estimate of drug-likeness (QED) is 0.604. The van der Waals surface area contributed by atoms with Crippen LogP contribution >= 0.6 is 0 Å². The van der Waals surface area contributed by atoms with Gasteiger partial charge in [0.05, 0.1) is 6.26 Å². The number of halogens is 1. The molecule has 1 aliphatic heterocycles. The van der Waals surface area contributed by atoms with Gasteiger partial charge in [-0.2, -0.15) is 8.42 Å². The molecule has 0 bridgehead atoms. The highest BCUT2D eigenvalue weighted by Crippen LogP contribution is 2.40. The average Bonchev–Trinajstić information content (AvgIpc) is 3.12. The van der Waals surface area contributed by atoms with E-state index in [2.05, 4.69) is 15.0 Å². The Labute approximate surface area is 178 Å². The van der Waals surface area contributed by atoms with E-state index in [0.717, 1.165) is 6.26 Å². The number of aromatic nitrogens is 2. The largest absolute Gasteiger partial charge is 0.462 e. The number of aryl methyl sites for hydroxylation is 1. The molecule has 1 aliphatic rings. The molecular weight excluding hydrogens is 423 g/mol. The molecule has 2 heterocycles. The third-order valence-corrected chi connectivity index (χ3v) is 5.42. The van der Waals surface area contributed by atoms with E-state index >= 15 is 0 Å². The van der Waals surface area contributed by atoms with Crippen molar-refractivity contribution in [2.24, 2.45) is 10.7 Å². The van der Waals surface area contributed by atoms with Crippen molar-refractivity contribution in [2.75, 3.05) is 12.9 Å². The Hall–Kier alpha value is -3.53. The summed E-state index contributed by atoms with van der Waals surface area (Å²) in [6, 6.07) is 9.61. The fourth-order valence-corrected chi connectivity index (χ4v) is 4.01. The minimum atomic E-state index is -3.67. The van der Waals surface area contributed by atoms with Crippen molar-refractivity contribution in [1.29, 1.82) is 0 Å². The van der Waals surface area contributed by atoms with E-state index in [0.29, 0.717) is 27.8 Å². The molecule has 160 valence electrons. The van der Waals surface area contributed by atoms with Crippen LogP contribution in [-0.4, -0.2) is 37.3 Å². The molecule has 0 aliphatic carbocycles. The van der Waals surface area contributed by atoms with Gasteiger partial charge in [0.1, 0.15) is 24.5 Å². The lowest BCUT2D eigenvalue weighted by Crippen LogP contribution is -2.27. The summed E-state index contributed by atoms with van der Waals surface area (Å²) in [6.07, 6.45) is 5.38. The highest BCUT2D eigenvalue weighted by atomic mass is 32.2. The van der Waals surface area contributed by atoms with Crippen molar-refractivity contribution in [3.63, 3.8) is 0 Å². The van der Waals surface area contributed by atoms with Gasteiger partial charge in [-0.05, 0) is 47.9 Å². The highest BCUT2D eigenvalue weighted by Gasteiger charge is 2.40. The molecule has 0 saturated heterocycles. The Kier molecular flexibility index (Phi) is 5.10. The average molecular weight is 442 g/mol. The van der Waals surface area contributed by atoms with Crippen molar-refractivity contribution >= 4 is 16.1 Å². The second kappa shape index (κ2) is 7.62. The fourth-order valence-electron chi connectivity index (χ4n) is 3.50. The van der Waals surface area contributed by atoms with Gasteiger partial charge in [0, 0.05) is 23.5 Å². The number of nitrogens with zero attached hydrogens (tertiary/aromatic N) is 3. The predicted molar refractivity (Wildman–Crippen MR) is 112 cm³/mol. The van der Waals surface area contributed by atoms with Gasteiger partial charge < -0.3 is 14.7 Å². The first kappa shape index (κ1) is 20.7. The first-order valence-electron chi connectivity index (χ1n) is 9.22. The van der Waals surface area contributed by atoms with Gasteiger partial charge >= 0.3 is 10.1 Å². The van der Waals surface area contributed by atoms with Crippen LogP contribution in [0.25, 0.3) is 11.1 Å². The number of benzene rings is 2. The van der Waals surface area contributed by atoms with Gasteiger partial charge in [0.2, 0.25) is 0 Å². The summed E-state index contributed by atoms with van der Waals surface area (Å²) in [7, 11) is -3.67. The molecule has 3 aromatic rings. The van der Waals surface area contributed by atoms with Crippen molar-refractivity contribution in [3.8, 4) is 16.9 Å².